The van der Waals surface area contributed by atoms with Crippen molar-refractivity contribution in [3.63, 3.8) is 0 Å². The summed E-state index contributed by atoms with van der Waals surface area (Å²) in [4.78, 5) is 14.6. The lowest BCUT2D eigenvalue weighted by Crippen LogP contribution is -2.31. The molecule has 2 N–H and O–H groups in total. The number of anilines is 2. The largest absolute Gasteiger partial charge is 0.380 e. The first-order chi connectivity index (χ1) is 14.9. The van der Waals surface area contributed by atoms with Gasteiger partial charge in [-0.05, 0) is 67.1 Å². The van der Waals surface area contributed by atoms with Crippen molar-refractivity contribution in [3.8, 4) is 0 Å². The maximum Gasteiger partial charge on any atom is 0.261 e. The molecular formula is C23H22FN3O3S. The van der Waals surface area contributed by atoms with Crippen LogP contribution in [-0.2, 0) is 10.0 Å². The maximum absolute atomic E-state index is 13.0. The average Bonchev–Trinajstić information content (AvgIpc) is 3.24. The molecule has 1 fully saturated rings. The predicted molar refractivity (Wildman–Crippen MR) is 118 cm³/mol. The summed E-state index contributed by atoms with van der Waals surface area (Å²) in [5, 5.41) is 3.43. The number of nitrogens with zero attached hydrogens (tertiary/aromatic N) is 1. The van der Waals surface area contributed by atoms with Crippen molar-refractivity contribution in [1.82, 2.24) is 4.90 Å². The first-order valence-corrected chi connectivity index (χ1v) is 11.4. The van der Waals surface area contributed by atoms with Crippen LogP contribution in [0.25, 0.3) is 0 Å². The van der Waals surface area contributed by atoms with Gasteiger partial charge in [0.1, 0.15) is 5.82 Å². The van der Waals surface area contributed by atoms with Crippen LogP contribution in [0.1, 0.15) is 16.8 Å². The predicted octanol–water partition coefficient (Wildman–Crippen LogP) is 3.95. The Balaban J connectivity index is 1.39. The number of amides is 1. The molecule has 3 aromatic rings. The molecule has 31 heavy (non-hydrogen) atoms. The molecule has 6 nitrogen and oxygen atoms in total. The highest BCUT2D eigenvalue weighted by atomic mass is 32.2. The van der Waals surface area contributed by atoms with Crippen LogP contribution in [0, 0.1) is 5.82 Å². The SMILES string of the molecule is O=C(c1ccc(S(=O)(=O)Nc2ccc(F)cc2)cc1)N1CCC(Nc2ccccc2)C1. The van der Waals surface area contributed by atoms with Crippen molar-refractivity contribution in [1.29, 1.82) is 0 Å². The van der Waals surface area contributed by atoms with Crippen LogP contribution >= 0.6 is 0 Å². The fourth-order valence-electron chi connectivity index (χ4n) is 3.52. The zero-order chi connectivity index (χ0) is 21.8. The van der Waals surface area contributed by atoms with E-state index in [-0.39, 0.29) is 22.5 Å². The van der Waals surface area contributed by atoms with Crippen molar-refractivity contribution in [3.05, 3.63) is 90.2 Å². The molecule has 1 atom stereocenters. The van der Waals surface area contributed by atoms with Gasteiger partial charge in [-0.3, -0.25) is 9.52 Å². The van der Waals surface area contributed by atoms with Gasteiger partial charge in [0.25, 0.3) is 15.9 Å². The van der Waals surface area contributed by atoms with E-state index in [0.29, 0.717) is 18.7 Å². The third-order valence-electron chi connectivity index (χ3n) is 5.13. The number of carbonyl (C=O) groups is 1. The average molecular weight is 440 g/mol. The lowest BCUT2D eigenvalue weighted by Gasteiger charge is -2.18. The third kappa shape index (κ3) is 5.03. The minimum atomic E-state index is -3.84. The number of rotatable bonds is 6. The summed E-state index contributed by atoms with van der Waals surface area (Å²) in [6, 6.07) is 20.9. The van der Waals surface area contributed by atoms with Crippen LogP contribution in [0.4, 0.5) is 15.8 Å². The van der Waals surface area contributed by atoms with Gasteiger partial charge in [0.05, 0.1) is 4.90 Å². The molecule has 0 spiro atoms. The molecule has 1 heterocycles. The molecule has 1 aliphatic rings. The van der Waals surface area contributed by atoms with Gasteiger partial charge >= 0.3 is 0 Å². The number of hydrogen-bond donors (Lipinski definition) is 2. The van der Waals surface area contributed by atoms with E-state index >= 15 is 0 Å². The molecule has 1 amide bonds. The van der Waals surface area contributed by atoms with E-state index in [4.69, 9.17) is 0 Å². The van der Waals surface area contributed by atoms with E-state index in [1.165, 1.54) is 48.5 Å². The Hall–Kier alpha value is -3.39. The van der Waals surface area contributed by atoms with Crippen molar-refractivity contribution in [2.24, 2.45) is 0 Å². The molecule has 3 aromatic carbocycles. The number of benzene rings is 3. The quantitative estimate of drug-likeness (QED) is 0.610. The highest BCUT2D eigenvalue weighted by Crippen LogP contribution is 2.20. The van der Waals surface area contributed by atoms with Crippen LogP contribution in [0.15, 0.2) is 83.8 Å². The number of sulfonamides is 1. The number of hydrogen-bond acceptors (Lipinski definition) is 4. The van der Waals surface area contributed by atoms with Gasteiger partial charge in [0.15, 0.2) is 0 Å². The summed E-state index contributed by atoms with van der Waals surface area (Å²) in [5.41, 5.74) is 1.71. The molecule has 0 aromatic heterocycles. The zero-order valence-electron chi connectivity index (χ0n) is 16.7. The smallest absolute Gasteiger partial charge is 0.261 e. The highest BCUT2D eigenvalue weighted by molar-refractivity contribution is 7.92. The Morgan fingerprint density at radius 1 is 0.903 bits per heavy atom. The van der Waals surface area contributed by atoms with Crippen LogP contribution in [0.3, 0.4) is 0 Å². The van der Waals surface area contributed by atoms with Gasteiger partial charge in [0, 0.05) is 36.1 Å². The Morgan fingerprint density at radius 3 is 2.26 bits per heavy atom. The number of likely N-dealkylation sites (tertiary alicyclic amines) is 1. The number of nitrogens with one attached hydrogen (secondary N) is 2. The zero-order valence-corrected chi connectivity index (χ0v) is 17.5. The minimum absolute atomic E-state index is 0.0263. The van der Waals surface area contributed by atoms with Crippen LogP contribution in [0.2, 0.25) is 0 Å². The van der Waals surface area contributed by atoms with Crippen molar-refractivity contribution in [2.45, 2.75) is 17.4 Å². The molecule has 8 heteroatoms. The third-order valence-corrected chi connectivity index (χ3v) is 6.53. The van der Waals surface area contributed by atoms with Gasteiger partial charge in [-0.15, -0.1) is 0 Å². The Labute approximate surface area is 180 Å². The van der Waals surface area contributed by atoms with Crippen LogP contribution in [-0.4, -0.2) is 38.4 Å². The highest BCUT2D eigenvalue weighted by Gasteiger charge is 2.27. The van der Waals surface area contributed by atoms with E-state index < -0.39 is 15.8 Å². The number of para-hydroxylation sites is 1. The van der Waals surface area contributed by atoms with Gasteiger partial charge < -0.3 is 10.2 Å². The Kier molecular flexibility index (Phi) is 5.90. The molecule has 1 aliphatic heterocycles. The van der Waals surface area contributed by atoms with E-state index in [1.54, 1.807) is 4.90 Å². The summed E-state index contributed by atoms with van der Waals surface area (Å²) < 4.78 is 40.5. The molecule has 0 bridgehead atoms. The summed E-state index contributed by atoms with van der Waals surface area (Å²) in [6.07, 6.45) is 0.842. The number of carbonyl (C=O) groups excluding carboxylic acids is 1. The van der Waals surface area contributed by atoms with Crippen molar-refractivity contribution >= 4 is 27.3 Å². The lowest BCUT2D eigenvalue weighted by molar-refractivity contribution is 0.0791. The molecule has 1 unspecified atom stereocenters. The summed E-state index contributed by atoms with van der Waals surface area (Å²) in [5.74, 6) is -0.582. The molecule has 4 rings (SSSR count). The van der Waals surface area contributed by atoms with Crippen molar-refractivity contribution in [2.75, 3.05) is 23.1 Å². The normalized spacial score (nSPS) is 16.2. The topological polar surface area (TPSA) is 78.5 Å². The summed E-state index contributed by atoms with van der Waals surface area (Å²) in [6.45, 7) is 1.22. The van der Waals surface area contributed by atoms with Gasteiger partial charge in [-0.2, -0.15) is 0 Å². The fraction of sp³-hybridized carbons (Fsp3) is 0.174. The summed E-state index contributed by atoms with van der Waals surface area (Å²) in [7, 11) is -3.84. The van der Waals surface area contributed by atoms with Crippen molar-refractivity contribution < 1.29 is 17.6 Å². The monoisotopic (exact) mass is 439 g/mol. The molecule has 0 radical (unpaired) electrons. The minimum Gasteiger partial charge on any atom is -0.380 e. The van der Waals surface area contributed by atoms with E-state index in [2.05, 4.69) is 10.0 Å². The number of halogens is 1. The molecule has 160 valence electrons. The Bertz CT molecular complexity index is 1150. The fourth-order valence-corrected chi connectivity index (χ4v) is 4.58. The summed E-state index contributed by atoms with van der Waals surface area (Å²) >= 11 is 0. The Morgan fingerprint density at radius 2 is 1.58 bits per heavy atom. The van der Waals surface area contributed by atoms with Crippen LogP contribution < -0.4 is 10.0 Å². The van der Waals surface area contributed by atoms with E-state index in [1.807, 2.05) is 30.3 Å². The second-order valence-electron chi connectivity index (χ2n) is 7.38. The van der Waals surface area contributed by atoms with Crippen LogP contribution in [0.5, 0.6) is 0 Å². The van der Waals surface area contributed by atoms with E-state index in [9.17, 15) is 17.6 Å². The van der Waals surface area contributed by atoms with E-state index in [0.717, 1.165) is 12.1 Å². The van der Waals surface area contributed by atoms with Gasteiger partial charge in [-0.25, -0.2) is 12.8 Å². The standard InChI is InChI=1S/C23H22FN3O3S/c24-18-8-10-20(11-9-18)26-31(29,30)22-12-6-17(7-13-22)23(28)27-15-14-21(16-27)25-19-4-2-1-3-5-19/h1-13,21,25-26H,14-16H2. The lowest BCUT2D eigenvalue weighted by atomic mass is 10.2. The molecule has 0 saturated carbocycles. The first kappa shape index (κ1) is 20.9. The van der Waals surface area contributed by atoms with Gasteiger partial charge in [-0.1, -0.05) is 18.2 Å². The molecular weight excluding hydrogens is 417 g/mol. The first-order valence-electron chi connectivity index (χ1n) is 9.90. The molecule has 1 saturated heterocycles. The molecule has 0 aliphatic carbocycles. The maximum atomic E-state index is 13.0. The second kappa shape index (κ2) is 8.77. The second-order valence-corrected chi connectivity index (χ2v) is 9.07. The van der Waals surface area contributed by atoms with Gasteiger partial charge in [0.2, 0.25) is 0 Å².